The summed E-state index contributed by atoms with van der Waals surface area (Å²) in [5, 5.41) is 3.26. The predicted octanol–water partition coefficient (Wildman–Crippen LogP) is 2.49. The van der Waals surface area contributed by atoms with Crippen LogP contribution in [0, 0.1) is 0 Å². The molecule has 2 aliphatic rings. The van der Waals surface area contributed by atoms with Crippen LogP contribution in [0.5, 0.6) is 0 Å². The molecule has 2 unspecified atom stereocenters. The van der Waals surface area contributed by atoms with Crippen LogP contribution in [0.2, 0.25) is 0 Å². The molecule has 2 saturated heterocycles. The van der Waals surface area contributed by atoms with Crippen molar-refractivity contribution in [2.75, 3.05) is 13.1 Å². The van der Waals surface area contributed by atoms with Crippen molar-refractivity contribution in [1.29, 1.82) is 0 Å². The standard InChI is InChI=1S/C19H26N2O2/c1-14(15-7-3-2-4-8-15)13-18(22)17-10-6-12-21(17)19(23)16-9-5-11-20-16/h2-4,7-8,14,16-17,20H,5-6,9-13H2,1H3/t14?,16-,17?/m0/s1. The lowest BCUT2D eigenvalue weighted by atomic mass is 9.92. The Morgan fingerprint density at radius 1 is 1.22 bits per heavy atom. The Morgan fingerprint density at radius 3 is 2.70 bits per heavy atom. The van der Waals surface area contributed by atoms with Crippen molar-refractivity contribution in [3.8, 4) is 0 Å². The molecule has 2 heterocycles. The maximum absolute atomic E-state index is 12.7. The van der Waals surface area contributed by atoms with E-state index in [4.69, 9.17) is 0 Å². The summed E-state index contributed by atoms with van der Waals surface area (Å²) in [6.45, 7) is 3.73. The van der Waals surface area contributed by atoms with Gasteiger partial charge in [0.25, 0.3) is 0 Å². The molecule has 0 radical (unpaired) electrons. The fourth-order valence-electron chi connectivity index (χ4n) is 3.80. The largest absolute Gasteiger partial charge is 0.331 e. The lowest BCUT2D eigenvalue weighted by molar-refractivity contribution is -0.139. The van der Waals surface area contributed by atoms with E-state index in [1.165, 1.54) is 5.56 Å². The molecule has 2 fully saturated rings. The summed E-state index contributed by atoms with van der Waals surface area (Å²) in [7, 11) is 0. The lowest BCUT2D eigenvalue weighted by Crippen LogP contribution is -2.48. The molecule has 3 atom stereocenters. The molecule has 2 aliphatic heterocycles. The number of rotatable bonds is 5. The van der Waals surface area contributed by atoms with Crippen LogP contribution in [0.4, 0.5) is 0 Å². The highest BCUT2D eigenvalue weighted by atomic mass is 16.2. The van der Waals surface area contributed by atoms with Crippen LogP contribution in [0.3, 0.4) is 0 Å². The zero-order valence-electron chi connectivity index (χ0n) is 13.8. The third-order valence-electron chi connectivity index (χ3n) is 5.14. The molecule has 4 heteroatoms. The molecular formula is C19H26N2O2. The highest BCUT2D eigenvalue weighted by molar-refractivity contribution is 5.92. The molecule has 0 saturated carbocycles. The van der Waals surface area contributed by atoms with Gasteiger partial charge < -0.3 is 10.2 Å². The van der Waals surface area contributed by atoms with Gasteiger partial charge in [-0.1, -0.05) is 37.3 Å². The first-order valence-corrected chi connectivity index (χ1v) is 8.78. The minimum Gasteiger partial charge on any atom is -0.331 e. The molecule has 0 bridgehead atoms. The van der Waals surface area contributed by atoms with E-state index in [2.05, 4.69) is 24.4 Å². The molecule has 124 valence electrons. The van der Waals surface area contributed by atoms with Gasteiger partial charge in [-0.2, -0.15) is 0 Å². The van der Waals surface area contributed by atoms with E-state index < -0.39 is 0 Å². The molecule has 23 heavy (non-hydrogen) atoms. The van der Waals surface area contributed by atoms with Gasteiger partial charge in [-0.15, -0.1) is 0 Å². The van der Waals surface area contributed by atoms with E-state index in [-0.39, 0.29) is 29.7 Å². The average Bonchev–Trinajstić information content (AvgIpc) is 3.26. The predicted molar refractivity (Wildman–Crippen MR) is 90.2 cm³/mol. The van der Waals surface area contributed by atoms with Gasteiger partial charge >= 0.3 is 0 Å². The molecule has 0 aromatic heterocycles. The Morgan fingerprint density at radius 2 is 2.00 bits per heavy atom. The van der Waals surface area contributed by atoms with Crippen LogP contribution in [0.25, 0.3) is 0 Å². The van der Waals surface area contributed by atoms with Gasteiger partial charge in [-0.05, 0) is 43.7 Å². The van der Waals surface area contributed by atoms with Gasteiger partial charge in [0.1, 0.15) is 0 Å². The first-order valence-electron chi connectivity index (χ1n) is 8.78. The highest BCUT2D eigenvalue weighted by Crippen LogP contribution is 2.26. The van der Waals surface area contributed by atoms with Crippen molar-refractivity contribution in [3.05, 3.63) is 35.9 Å². The number of ketones is 1. The Balaban J connectivity index is 1.62. The van der Waals surface area contributed by atoms with E-state index in [9.17, 15) is 9.59 Å². The molecule has 0 spiro atoms. The summed E-state index contributed by atoms with van der Waals surface area (Å²) in [5.41, 5.74) is 1.19. The Kier molecular flexibility index (Phi) is 5.11. The summed E-state index contributed by atoms with van der Waals surface area (Å²) in [6.07, 6.45) is 4.22. The monoisotopic (exact) mass is 314 g/mol. The number of likely N-dealkylation sites (tertiary alicyclic amines) is 1. The van der Waals surface area contributed by atoms with Gasteiger partial charge in [0.2, 0.25) is 5.91 Å². The summed E-state index contributed by atoms with van der Waals surface area (Å²) in [4.78, 5) is 27.2. The zero-order valence-corrected chi connectivity index (χ0v) is 13.8. The number of carbonyl (C=O) groups excluding carboxylic acids is 2. The van der Waals surface area contributed by atoms with Crippen molar-refractivity contribution in [2.24, 2.45) is 0 Å². The molecule has 4 nitrogen and oxygen atoms in total. The van der Waals surface area contributed by atoms with Crippen LogP contribution < -0.4 is 5.32 Å². The van der Waals surface area contributed by atoms with Crippen molar-refractivity contribution < 1.29 is 9.59 Å². The van der Waals surface area contributed by atoms with Crippen LogP contribution in [-0.2, 0) is 9.59 Å². The fraction of sp³-hybridized carbons (Fsp3) is 0.579. The molecular weight excluding hydrogens is 288 g/mol. The number of nitrogens with one attached hydrogen (secondary N) is 1. The Bertz CT molecular complexity index is 552. The highest BCUT2D eigenvalue weighted by Gasteiger charge is 2.37. The number of amides is 1. The number of carbonyl (C=O) groups is 2. The van der Waals surface area contributed by atoms with E-state index in [1.54, 1.807) is 0 Å². The number of hydrogen-bond donors (Lipinski definition) is 1. The summed E-state index contributed by atoms with van der Waals surface area (Å²) >= 11 is 0. The van der Waals surface area contributed by atoms with E-state index in [0.717, 1.165) is 38.8 Å². The zero-order chi connectivity index (χ0) is 16.2. The number of Topliss-reactive ketones (excluding diaryl/α,β-unsaturated/α-hetero) is 1. The van der Waals surface area contributed by atoms with Crippen molar-refractivity contribution in [1.82, 2.24) is 10.2 Å². The summed E-state index contributed by atoms with van der Waals surface area (Å²) in [6, 6.07) is 9.85. The topological polar surface area (TPSA) is 49.4 Å². The van der Waals surface area contributed by atoms with E-state index >= 15 is 0 Å². The normalized spacial score (nSPS) is 25.5. The molecule has 1 amide bonds. The first-order chi connectivity index (χ1) is 11.2. The number of nitrogens with zero attached hydrogens (tertiary/aromatic N) is 1. The lowest BCUT2D eigenvalue weighted by Gasteiger charge is -2.27. The SMILES string of the molecule is CC(CC(=O)C1CCCN1C(=O)[C@@H]1CCCN1)c1ccccc1. The van der Waals surface area contributed by atoms with E-state index in [1.807, 2.05) is 23.1 Å². The van der Waals surface area contributed by atoms with Gasteiger partial charge in [-0.25, -0.2) is 0 Å². The molecule has 3 rings (SSSR count). The third kappa shape index (κ3) is 3.63. The Labute approximate surface area is 138 Å². The smallest absolute Gasteiger partial charge is 0.240 e. The Hall–Kier alpha value is -1.68. The minimum absolute atomic E-state index is 0.0741. The van der Waals surface area contributed by atoms with Gasteiger partial charge in [0.05, 0.1) is 12.1 Å². The molecule has 0 aliphatic carbocycles. The van der Waals surface area contributed by atoms with E-state index in [0.29, 0.717) is 6.42 Å². The van der Waals surface area contributed by atoms with Crippen LogP contribution in [-0.4, -0.2) is 41.8 Å². The van der Waals surface area contributed by atoms with Crippen molar-refractivity contribution >= 4 is 11.7 Å². The average molecular weight is 314 g/mol. The summed E-state index contributed by atoms with van der Waals surface area (Å²) < 4.78 is 0. The van der Waals surface area contributed by atoms with Crippen LogP contribution >= 0.6 is 0 Å². The van der Waals surface area contributed by atoms with Crippen LogP contribution in [0.1, 0.15) is 50.5 Å². The summed E-state index contributed by atoms with van der Waals surface area (Å²) in [5.74, 6) is 0.543. The minimum atomic E-state index is -0.212. The second-order valence-corrected chi connectivity index (χ2v) is 6.82. The van der Waals surface area contributed by atoms with Gasteiger partial charge in [0.15, 0.2) is 5.78 Å². The van der Waals surface area contributed by atoms with Crippen molar-refractivity contribution in [3.63, 3.8) is 0 Å². The number of hydrogen-bond acceptors (Lipinski definition) is 3. The second kappa shape index (κ2) is 7.26. The number of benzene rings is 1. The van der Waals surface area contributed by atoms with Gasteiger partial charge in [-0.3, -0.25) is 9.59 Å². The maximum Gasteiger partial charge on any atom is 0.240 e. The molecule has 1 aromatic rings. The third-order valence-corrected chi connectivity index (χ3v) is 5.14. The molecule has 1 N–H and O–H groups in total. The maximum atomic E-state index is 12.7. The quantitative estimate of drug-likeness (QED) is 0.908. The van der Waals surface area contributed by atoms with Crippen LogP contribution in [0.15, 0.2) is 30.3 Å². The van der Waals surface area contributed by atoms with Gasteiger partial charge in [0, 0.05) is 13.0 Å². The first kappa shape index (κ1) is 16.2. The van der Waals surface area contributed by atoms with Crippen molar-refractivity contribution in [2.45, 2.75) is 57.0 Å². The second-order valence-electron chi connectivity index (χ2n) is 6.82. The molecule has 1 aromatic carbocycles. The fourth-order valence-corrected chi connectivity index (χ4v) is 3.80.